The van der Waals surface area contributed by atoms with E-state index in [2.05, 4.69) is 19.4 Å². The zero-order chi connectivity index (χ0) is 11.1. The highest BCUT2D eigenvalue weighted by atomic mass is 32.2. The molecule has 0 saturated carbocycles. The van der Waals surface area contributed by atoms with Gasteiger partial charge >= 0.3 is 0 Å². The first-order valence-electron chi connectivity index (χ1n) is 4.57. The van der Waals surface area contributed by atoms with Crippen molar-refractivity contribution in [1.29, 1.82) is 0 Å². The van der Waals surface area contributed by atoms with Crippen LogP contribution in [0, 0.1) is 0 Å². The molecule has 0 aliphatic carbocycles. The Bertz CT molecular complexity index is 362. The van der Waals surface area contributed by atoms with Crippen molar-refractivity contribution in [1.82, 2.24) is 14.9 Å². The minimum atomic E-state index is -3.21. The summed E-state index contributed by atoms with van der Waals surface area (Å²) in [5.41, 5.74) is 5.22. The average Bonchev–Trinajstić information content (AvgIpc) is 2.67. The fourth-order valence-electron chi connectivity index (χ4n) is 0.966. The molecule has 1 rings (SSSR count). The Morgan fingerprint density at radius 2 is 2.33 bits per heavy atom. The summed E-state index contributed by atoms with van der Waals surface area (Å²) in [7, 11) is -3.21. The molecule has 86 valence electrons. The van der Waals surface area contributed by atoms with Crippen LogP contribution in [0.2, 0.25) is 0 Å². The minimum Gasteiger partial charge on any atom is -0.343 e. The molecule has 3 N–H and O–H groups in total. The standard InChI is InChI=1S/C7H14N4O3S/c8-3-1-5-15(12,13)10-4-2-7-9-6-14-11-7/h6,10H,1-5,8H2. The maximum absolute atomic E-state index is 11.3. The Morgan fingerprint density at radius 1 is 1.53 bits per heavy atom. The molecule has 0 fully saturated rings. The van der Waals surface area contributed by atoms with Crippen LogP contribution in [0.15, 0.2) is 10.9 Å². The van der Waals surface area contributed by atoms with Gasteiger partial charge in [-0.25, -0.2) is 13.1 Å². The van der Waals surface area contributed by atoms with Crippen LogP contribution in [0.25, 0.3) is 0 Å². The van der Waals surface area contributed by atoms with Crippen molar-refractivity contribution in [2.24, 2.45) is 5.73 Å². The highest BCUT2D eigenvalue weighted by Crippen LogP contribution is 1.91. The SMILES string of the molecule is NCCCS(=O)(=O)NCCc1ncon1. The Balaban J connectivity index is 2.24. The second-order valence-corrected chi connectivity index (χ2v) is 4.88. The lowest BCUT2D eigenvalue weighted by atomic mass is 10.4. The van der Waals surface area contributed by atoms with Gasteiger partial charge in [0.05, 0.1) is 5.75 Å². The lowest BCUT2D eigenvalue weighted by molar-refractivity contribution is 0.410. The highest BCUT2D eigenvalue weighted by molar-refractivity contribution is 7.89. The number of hydrogen-bond donors (Lipinski definition) is 2. The molecule has 0 unspecified atom stereocenters. The lowest BCUT2D eigenvalue weighted by Crippen LogP contribution is -2.29. The van der Waals surface area contributed by atoms with E-state index in [0.717, 1.165) is 0 Å². The van der Waals surface area contributed by atoms with Crippen LogP contribution in [-0.4, -0.2) is 37.4 Å². The van der Waals surface area contributed by atoms with Crippen LogP contribution in [0.1, 0.15) is 12.2 Å². The molecular formula is C7H14N4O3S. The molecule has 1 aromatic heterocycles. The first-order valence-corrected chi connectivity index (χ1v) is 6.22. The summed E-state index contributed by atoms with van der Waals surface area (Å²) in [6.07, 6.45) is 2.08. The second kappa shape index (κ2) is 5.79. The van der Waals surface area contributed by atoms with E-state index in [4.69, 9.17) is 5.73 Å². The molecule has 0 radical (unpaired) electrons. The molecule has 1 heterocycles. The minimum absolute atomic E-state index is 0.0513. The summed E-state index contributed by atoms with van der Waals surface area (Å²) in [4.78, 5) is 3.77. The van der Waals surface area contributed by atoms with Gasteiger partial charge in [-0.15, -0.1) is 0 Å². The number of rotatable bonds is 7. The first-order chi connectivity index (χ1) is 7.14. The molecule has 0 aliphatic rings. The molecule has 15 heavy (non-hydrogen) atoms. The Kier molecular flexibility index (Phi) is 4.66. The molecule has 1 aromatic rings. The van der Waals surface area contributed by atoms with Crippen molar-refractivity contribution in [2.45, 2.75) is 12.8 Å². The molecule has 7 nitrogen and oxygen atoms in total. The molecule has 8 heteroatoms. The van der Waals surface area contributed by atoms with Crippen molar-refractivity contribution >= 4 is 10.0 Å². The largest absolute Gasteiger partial charge is 0.343 e. The molecule has 0 atom stereocenters. The predicted molar refractivity (Wildman–Crippen MR) is 53.5 cm³/mol. The third kappa shape index (κ3) is 4.86. The summed E-state index contributed by atoms with van der Waals surface area (Å²) in [6, 6.07) is 0. The van der Waals surface area contributed by atoms with Crippen LogP contribution >= 0.6 is 0 Å². The van der Waals surface area contributed by atoms with Gasteiger partial charge in [0, 0.05) is 13.0 Å². The van der Waals surface area contributed by atoms with Crippen LogP contribution in [-0.2, 0) is 16.4 Å². The van der Waals surface area contributed by atoms with E-state index < -0.39 is 10.0 Å². The number of sulfonamides is 1. The second-order valence-electron chi connectivity index (χ2n) is 2.95. The molecule has 0 aliphatic heterocycles. The predicted octanol–water partition coefficient (Wildman–Crippen LogP) is -1.12. The van der Waals surface area contributed by atoms with Crippen molar-refractivity contribution in [3.63, 3.8) is 0 Å². The van der Waals surface area contributed by atoms with E-state index >= 15 is 0 Å². The van der Waals surface area contributed by atoms with Crippen LogP contribution < -0.4 is 10.5 Å². The summed E-state index contributed by atoms with van der Waals surface area (Å²) in [5, 5.41) is 3.56. The van der Waals surface area contributed by atoms with E-state index in [-0.39, 0.29) is 12.3 Å². The zero-order valence-electron chi connectivity index (χ0n) is 8.22. The maximum atomic E-state index is 11.3. The van der Waals surface area contributed by atoms with Crippen molar-refractivity contribution in [3.8, 4) is 0 Å². The summed E-state index contributed by atoms with van der Waals surface area (Å²) >= 11 is 0. The van der Waals surface area contributed by atoms with E-state index in [1.165, 1.54) is 6.39 Å². The fraction of sp³-hybridized carbons (Fsp3) is 0.714. The average molecular weight is 234 g/mol. The van der Waals surface area contributed by atoms with Gasteiger partial charge < -0.3 is 10.3 Å². The first kappa shape index (κ1) is 12.1. The van der Waals surface area contributed by atoms with E-state index in [1.807, 2.05) is 0 Å². The maximum Gasteiger partial charge on any atom is 0.213 e. The zero-order valence-corrected chi connectivity index (χ0v) is 9.03. The van der Waals surface area contributed by atoms with Crippen molar-refractivity contribution in [3.05, 3.63) is 12.2 Å². The molecule has 0 spiro atoms. The number of nitrogens with zero attached hydrogens (tertiary/aromatic N) is 2. The normalized spacial score (nSPS) is 11.8. The third-order valence-electron chi connectivity index (χ3n) is 1.69. The Hall–Kier alpha value is -0.990. The van der Waals surface area contributed by atoms with Gasteiger partial charge in [0.2, 0.25) is 16.4 Å². The van der Waals surface area contributed by atoms with Crippen molar-refractivity contribution in [2.75, 3.05) is 18.8 Å². The molecule has 0 aromatic carbocycles. The lowest BCUT2D eigenvalue weighted by Gasteiger charge is -2.03. The number of nitrogens with one attached hydrogen (secondary N) is 1. The Morgan fingerprint density at radius 3 is 2.93 bits per heavy atom. The number of aromatic nitrogens is 2. The van der Waals surface area contributed by atoms with Gasteiger partial charge in [0.15, 0.2) is 5.82 Å². The van der Waals surface area contributed by atoms with Crippen molar-refractivity contribution < 1.29 is 12.9 Å². The quantitative estimate of drug-likeness (QED) is 0.618. The van der Waals surface area contributed by atoms with Crippen LogP contribution in [0.4, 0.5) is 0 Å². The smallest absolute Gasteiger partial charge is 0.213 e. The van der Waals surface area contributed by atoms with Gasteiger partial charge in [0.1, 0.15) is 0 Å². The summed E-state index contributed by atoms with van der Waals surface area (Å²) in [5.74, 6) is 0.534. The van der Waals surface area contributed by atoms with Gasteiger partial charge in [-0.2, -0.15) is 4.98 Å². The fourth-order valence-corrected chi connectivity index (χ4v) is 2.07. The third-order valence-corrected chi connectivity index (χ3v) is 3.16. The van der Waals surface area contributed by atoms with Gasteiger partial charge in [-0.05, 0) is 13.0 Å². The van der Waals surface area contributed by atoms with Gasteiger partial charge in [0.25, 0.3) is 0 Å². The van der Waals surface area contributed by atoms with E-state index in [1.54, 1.807) is 0 Å². The molecule has 0 saturated heterocycles. The van der Waals surface area contributed by atoms with Crippen LogP contribution in [0.5, 0.6) is 0 Å². The monoisotopic (exact) mass is 234 g/mol. The van der Waals surface area contributed by atoms with Gasteiger partial charge in [-0.1, -0.05) is 5.16 Å². The molecular weight excluding hydrogens is 220 g/mol. The van der Waals surface area contributed by atoms with Gasteiger partial charge in [-0.3, -0.25) is 0 Å². The summed E-state index contributed by atoms with van der Waals surface area (Å²) < 4.78 is 29.5. The topological polar surface area (TPSA) is 111 Å². The number of nitrogens with two attached hydrogens (primary N) is 1. The Labute approximate surface area is 88.1 Å². The molecule has 0 amide bonds. The van der Waals surface area contributed by atoms with E-state index in [0.29, 0.717) is 25.2 Å². The highest BCUT2D eigenvalue weighted by Gasteiger charge is 2.09. The number of hydrogen-bond acceptors (Lipinski definition) is 6. The summed E-state index contributed by atoms with van der Waals surface area (Å²) in [6.45, 7) is 0.637. The van der Waals surface area contributed by atoms with Crippen LogP contribution in [0.3, 0.4) is 0 Å². The van der Waals surface area contributed by atoms with E-state index in [9.17, 15) is 8.42 Å². The molecule has 0 bridgehead atoms.